The Morgan fingerprint density at radius 1 is 1.75 bits per heavy atom. The zero-order valence-electron chi connectivity index (χ0n) is 6.61. The minimum atomic E-state index is -0.351. The standard InChI is InChI=1S/C9H8O3/c1-3-7(2)11-9-5-4-8(6-10)12-9/h1,4-7H,2H3. The molecule has 0 spiro atoms. The van der Waals surface area contributed by atoms with E-state index in [1.807, 2.05) is 0 Å². The van der Waals surface area contributed by atoms with Gasteiger partial charge >= 0.3 is 0 Å². The second-order valence-corrected chi connectivity index (χ2v) is 2.20. The van der Waals surface area contributed by atoms with Gasteiger partial charge in [-0.25, -0.2) is 0 Å². The first-order valence-electron chi connectivity index (χ1n) is 3.44. The molecule has 0 bridgehead atoms. The van der Waals surface area contributed by atoms with Crippen LogP contribution in [0.2, 0.25) is 0 Å². The third-order valence-electron chi connectivity index (χ3n) is 1.25. The predicted octanol–water partition coefficient (Wildman–Crippen LogP) is 1.49. The summed E-state index contributed by atoms with van der Waals surface area (Å²) in [6, 6.07) is 3.07. The average Bonchev–Trinajstić information content (AvgIpc) is 2.52. The topological polar surface area (TPSA) is 39.4 Å². The number of hydrogen-bond acceptors (Lipinski definition) is 3. The van der Waals surface area contributed by atoms with Crippen molar-refractivity contribution in [3.8, 4) is 18.3 Å². The lowest BCUT2D eigenvalue weighted by Gasteiger charge is -2.03. The van der Waals surface area contributed by atoms with Crippen LogP contribution < -0.4 is 4.74 Å². The molecule has 1 atom stereocenters. The first kappa shape index (κ1) is 8.41. The van der Waals surface area contributed by atoms with E-state index in [-0.39, 0.29) is 17.8 Å². The number of furan rings is 1. The molecule has 0 aliphatic heterocycles. The Kier molecular flexibility index (Phi) is 2.54. The number of ether oxygens (including phenoxy) is 1. The van der Waals surface area contributed by atoms with Crippen LogP contribution in [-0.4, -0.2) is 12.4 Å². The molecule has 1 rings (SSSR count). The van der Waals surface area contributed by atoms with E-state index in [0.717, 1.165) is 0 Å². The average molecular weight is 164 g/mol. The lowest BCUT2D eigenvalue weighted by molar-refractivity contribution is 0.108. The first-order valence-corrected chi connectivity index (χ1v) is 3.44. The van der Waals surface area contributed by atoms with Gasteiger partial charge in [-0.2, -0.15) is 0 Å². The van der Waals surface area contributed by atoms with E-state index in [1.54, 1.807) is 13.0 Å². The van der Waals surface area contributed by atoms with Crippen LogP contribution in [0.5, 0.6) is 5.95 Å². The van der Waals surface area contributed by atoms with Gasteiger partial charge in [-0.05, 0) is 13.0 Å². The monoisotopic (exact) mass is 164 g/mol. The maximum Gasteiger partial charge on any atom is 0.286 e. The van der Waals surface area contributed by atoms with E-state index in [1.165, 1.54) is 6.07 Å². The molecule has 1 unspecified atom stereocenters. The van der Waals surface area contributed by atoms with Crippen molar-refractivity contribution < 1.29 is 13.9 Å². The normalized spacial score (nSPS) is 11.7. The highest BCUT2D eigenvalue weighted by molar-refractivity contribution is 5.70. The van der Waals surface area contributed by atoms with E-state index >= 15 is 0 Å². The molecule has 62 valence electrons. The SMILES string of the molecule is C#CC(C)Oc1ccc(C=O)o1. The van der Waals surface area contributed by atoms with Gasteiger partial charge in [0.15, 0.2) is 18.2 Å². The minimum absolute atomic E-state index is 0.231. The van der Waals surface area contributed by atoms with Crippen molar-refractivity contribution in [2.24, 2.45) is 0 Å². The number of carbonyl (C=O) groups excluding carboxylic acids is 1. The Balaban J connectivity index is 2.65. The van der Waals surface area contributed by atoms with Crippen molar-refractivity contribution in [3.05, 3.63) is 17.9 Å². The van der Waals surface area contributed by atoms with Crippen molar-refractivity contribution in [1.82, 2.24) is 0 Å². The van der Waals surface area contributed by atoms with Crippen LogP contribution in [0.1, 0.15) is 17.5 Å². The highest BCUT2D eigenvalue weighted by Crippen LogP contribution is 2.15. The van der Waals surface area contributed by atoms with Gasteiger partial charge in [0.05, 0.1) is 0 Å². The molecule has 0 amide bonds. The van der Waals surface area contributed by atoms with Crippen LogP contribution in [0, 0.1) is 12.3 Å². The largest absolute Gasteiger partial charge is 0.449 e. The molecule has 0 fully saturated rings. The molecule has 0 aromatic carbocycles. The third-order valence-corrected chi connectivity index (χ3v) is 1.25. The van der Waals surface area contributed by atoms with E-state index in [9.17, 15) is 4.79 Å². The van der Waals surface area contributed by atoms with Crippen LogP contribution in [0.3, 0.4) is 0 Å². The molecule has 12 heavy (non-hydrogen) atoms. The number of hydrogen-bond donors (Lipinski definition) is 0. The van der Waals surface area contributed by atoms with Crippen molar-refractivity contribution >= 4 is 6.29 Å². The highest BCUT2D eigenvalue weighted by atomic mass is 16.6. The molecule has 3 heteroatoms. The number of rotatable bonds is 3. The minimum Gasteiger partial charge on any atom is -0.449 e. The van der Waals surface area contributed by atoms with Crippen molar-refractivity contribution in [3.63, 3.8) is 0 Å². The van der Waals surface area contributed by atoms with Gasteiger partial charge in [0.1, 0.15) is 0 Å². The lowest BCUT2D eigenvalue weighted by atomic mass is 10.4. The van der Waals surface area contributed by atoms with Gasteiger partial charge in [-0.1, -0.05) is 5.92 Å². The lowest BCUT2D eigenvalue weighted by Crippen LogP contribution is -2.07. The van der Waals surface area contributed by atoms with Gasteiger partial charge in [-0.3, -0.25) is 4.79 Å². The van der Waals surface area contributed by atoms with Crippen LogP contribution in [-0.2, 0) is 0 Å². The summed E-state index contributed by atoms with van der Waals surface area (Å²) in [4.78, 5) is 10.2. The Bertz CT molecular complexity index is 306. The molecule has 0 N–H and O–H groups in total. The summed E-state index contributed by atoms with van der Waals surface area (Å²) in [5.74, 6) is 2.87. The summed E-state index contributed by atoms with van der Waals surface area (Å²) in [5.41, 5.74) is 0. The third kappa shape index (κ3) is 1.89. The zero-order valence-corrected chi connectivity index (χ0v) is 6.61. The van der Waals surface area contributed by atoms with Gasteiger partial charge < -0.3 is 9.15 Å². The molecule has 1 aromatic heterocycles. The van der Waals surface area contributed by atoms with E-state index < -0.39 is 0 Å². The van der Waals surface area contributed by atoms with Gasteiger partial charge in [0, 0.05) is 6.07 Å². The van der Waals surface area contributed by atoms with E-state index in [4.69, 9.17) is 15.6 Å². The maximum absolute atomic E-state index is 10.2. The fraction of sp³-hybridized carbons (Fsp3) is 0.222. The summed E-state index contributed by atoms with van der Waals surface area (Å²) in [6.07, 6.45) is 5.33. The fourth-order valence-electron chi connectivity index (χ4n) is 0.669. The van der Waals surface area contributed by atoms with Gasteiger partial charge in [0.25, 0.3) is 5.95 Å². The molecular weight excluding hydrogens is 156 g/mol. The summed E-state index contributed by atoms with van der Waals surface area (Å²) in [7, 11) is 0. The fourth-order valence-corrected chi connectivity index (χ4v) is 0.669. The molecule has 0 aliphatic carbocycles. The summed E-state index contributed by atoms with van der Waals surface area (Å²) in [6.45, 7) is 1.71. The molecule has 1 aromatic rings. The van der Waals surface area contributed by atoms with Crippen LogP contribution in [0.25, 0.3) is 0 Å². The van der Waals surface area contributed by atoms with Gasteiger partial charge in [0.2, 0.25) is 0 Å². The van der Waals surface area contributed by atoms with E-state index in [2.05, 4.69) is 5.92 Å². The molecule has 0 radical (unpaired) electrons. The van der Waals surface area contributed by atoms with E-state index in [0.29, 0.717) is 6.29 Å². The molecule has 3 nitrogen and oxygen atoms in total. The predicted molar refractivity (Wildman–Crippen MR) is 43.0 cm³/mol. The van der Waals surface area contributed by atoms with Crippen LogP contribution in [0.4, 0.5) is 0 Å². The summed E-state index contributed by atoms with van der Waals surface area (Å²) >= 11 is 0. The molecule has 0 saturated carbocycles. The first-order chi connectivity index (χ1) is 5.76. The summed E-state index contributed by atoms with van der Waals surface area (Å²) in [5, 5.41) is 0. The smallest absolute Gasteiger partial charge is 0.286 e. The van der Waals surface area contributed by atoms with Gasteiger partial charge in [-0.15, -0.1) is 6.42 Å². The highest BCUT2D eigenvalue weighted by Gasteiger charge is 2.04. The van der Waals surface area contributed by atoms with Crippen molar-refractivity contribution in [1.29, 1.82) is 0 Å². The quantitative estimate of drug-likeness (QED) is 0.502. The van der Waals surface area contributed by atoms with Crippen molar-refractivity contribution in [2.75, 3.05) is 0 Å². The molecule has 0 aliphatic rings. The number of terminal acetylenes is 1. The Hall–Kier alpha value is -1.69. The summed E-state index contributed by atoms with van der Waals surface area (Å²) < 4.78 is 10.0. The second-order valence-electron chi connectivity index (χ2n) is 2.20. The Morgan fingerprint density at radius 2 is 2.50 bits per heavy atom. The van der Waals surface area contributed by atoms with Crippen molar-refractivity contribution in [2.45, 2.75) is 13.0 Å². The van der Waals surface area contributed by atoms with Crippen LogP contribution in [0.15, 0.2) is 16.5 Å². The zero-order chi connectivity index (χ0) is 8.97. The Labute approximate surface area is 70.3 Å². The molecule has 1 heterocycles. The van der Waals surface area contributed by atoms with Crippen LogP contribution >= 0.6 is 0 Å². The Morgan fingerprint density at radius 3 is 3.00 bits per heavy atom. The maximum atomic E-state index is 10.2. The molecular formula is C9H8O3. The second kappa shape index (κ2) is 3.63. The number of carbonyl (C=O) groups is 1. The molecule has 0 saturated heterocycles. The number of aldehydes is 1.